The highest BCUT2D eigenvalue weighted by atomic mass is 35.5. The van der Waals surface area contributed by atoms with Crippen molar-refractivity contribution in [1.82, 2.24) is 10.2 Å². The first-order chi connectivity index (χ1) is 7.16. The zero-order chi connectivity index (χ0) is 10.8. The smallest absolute Gasteiger partial charge is 0.228 e. The van der Waals surface area contributed by atoms with Gasteiger partial charge in [-0.25, -0.2) is 0 Å². The third kappa shape index (κ3) is 3.10. The second-order valence-corrected chi connectivity index (χ2v) is 5.55. The van der Waals surface area contributed by atoms with Crippen LogP contribution in [0.2, 0.25) is 4.34 Å². The van der Waals surface area contributed by atoms with Gasteiger partial charge in [0, 0.05) is 25.0 Å². The van der Waals surface area contributed by atoms with Crippen molar-refractivity contribution in [2.45, 2.75) is 6.54 Å². The van der Waals surface area contributed by atoms with Gasteiger partial charge in [0.2, 0.25) is 5.91 Å². The van der Waals surface area contributed by atoms with Crippen molar-refractivity contribution in [2.75, 3.05) is 20.1 Å². The van der Waals surface area contributed by atoms with Gasteiger partial charge in [0.05, 0.1) is 16.8 Å². The number of nitrogens with one attached hydrogen (secondary N) is 1. The van der Waals surface area contributed by atoms with E-state index >= 15 is 0 Å². The lowest BCUT2D eigenvalue weighted by atomic mass is 10.0. The van der Waals surface area contributed by atoms with Gasteiger partial charge in [0.15, 0.2) is 0 Å². The van der Waals surface area contributed by atoms with Crippen LogP contribution in [0.3, 0.4) is 0 Å². The van der Waals surface area contributed by atoms with Crippen molar-refractivity contribution in [3.8, 4) is 0 Å². The summed E-state index contributed by atoms with van der Waals surface area (Å²) in [5.74, 6) is 0.392. The van der Waals surface area contributed by atoms with Gasteiger partial charge in [0.1, 0.15) is 0 Å². The van der Waals surface area contributed by atoms with E-state index in [1.54, 1.807) is 4.90 Å². The van der Waals surface area contributed by atoms with Gasteiger partial charge < -0.3 is 10.2 Å². The summed E-state index contributed by atoms with van der Waals surface area (Å²) < 4.78 is 0.774. The number of amides is 1. The molecule has 2 heterocycles. The highest BCUT2D eigenvalue weighted by Gasteiger charge is 2.27. The molecule has 0 unspecified atom stereocenters. The SMILES string of the molecule is CN(Cc1ccc(Cl)s1)C(=O)C1CNC1.Cl. The van der Waals surface area contributed by atoms with Crippen molar-refractivity contribution < 1.29 is 4.79 Å². The van der Waals surface area contributed by atoms with Crippen LogP contribution in [0.25, 0.3) is 0 Å². The molecule has 1 aromatic rings. The maximum absolute atomic E-state index is 11.8. The minimum absolute atomic E-state index is 0. The van der Waals surface area contributed by atoms with Gasteiger partial charge in [-0.15, -0.1) is 23.7 Å². The van der Waals surface area contributed by atoms with Crippen molar-refractivity contribution in [3.63, 3.8) is 0 Å². The average molecular weight is 281 g/mol. The number of carbonyl (C=O) groups excluding carboxylic acids is 1. The molecule has 90 valence electrons. The minimum atomic E-state index is 0. The average Bonchev–Trinajstić information content (AvgIpc) is 2.48. The van der Waals surface area contributed by atoms with Crippen LogP contribution < -0.4 is 5.32 Å². The number of hydrogen-bond acceptors (Lipinski definition) is 3. The molecule has 0 spiro atoms. The molecule has 2 rings (SSSR count). The highest BCUT2D eigenvalue weighted by molar-refractivity contribution is 7.16. The van der Waals surface area contributed by atoms with Crippen LogP contribution in [-0.4, -0.2) is 30.9 Å². The van der Waals surface area contributed by atoms with Gasteiger partial charge >= 0.3 is 0 Å². The van der Waals surface area contributed by atoms with Crippen molar-refractivity contribution in [1.29, 1.82) is 0 Å². The van der Waals surface area contributed by atoms with Gasteiger partial charge in [0.25, 0.3) is 0 Å². The van der Waals surface area contributed by atoms with E-state index in [2.05, 4.69) is 5.32 Å². The molecule has 0 saturated carbocycles. The lowest BCUT2D eigenvalue weighted by Crippen LogP contribution is -2.50. The Morgan fingerprint density at radius 3 is 2.75 bits per heavy atom. The molecule has 1 fully saturated rings. The summed E-state index contributed by atoms with van der Waals surface area (Å²) in [6.45, 7) is 2.29. The molecule has 6 heteroatoms. The molecule has 1 amide bonds. The maximum Gasteiger partial charge on any atom is 0.228 e. The molecule has 1 aliphatic heterocycles. The largest absolute Gasteiger partial charge is 0.340 e. The number of rotatable bonds is 3. The van der Waals surface area contributed by atoms with E-state index in [4.69, 9.17) is 11.6 Å². The van der Waals surface area contributed by atoms with Crippen LogP contribution in [0, 0.1) is 5.92 Å². The summed E-state index contributed by atoms with van der Waals surface area (Å²) in [6.07, 6.45) is 0. The Kier molecular flexibility index (Phi) is 5.05. The Hall–Kier alpha value is -0.290. The van der Waals surface area contributed by atoms with Crippen molar-refractivity contribution >= 4 is 41.3 Å². The molecule has 0 radical (unpaired) electrons. The van der Waals surface area contributed by atoms with Crippen molar-refractivity contribution in [2.24, 2.45) is 5.92 Å². The van der Waals surface area contributed by atoms with E-state index in [1.165, 1.54) is 11.3 Å². The van der Waals surface area contributed by atoms with Gasteiger partial charge in [-0.3, -0.25) is 4.79 Å². The molecule has 16 heavy (non-hydrogen) atoms. The third-order valence-electron chi connectivity index (χ3n) is 2.53. The zero-order valence-corrected chi connectivity index (χ0v) is 11.3. The Morgan fingerprint density at radius 2 is 2.31 bits per heavy atom. The molecule has 0 aliphatic carbocycles. The molecule has 0 bridgehead atoms. The summed E-state index contributed by atoms with van der Waals surface area (Å²) in [4.78, 5) is 14.7. The molecule has 1 aliphatic rings. The van der Waals surface area contributed by atoms with Gasteiger partial charge in [-0.1, -0.05) is 11.6 Å². The fourth-order valence-electron chi connectivity index (χ4n) is 1.52. The second-order valence-electron chi connectivity index (χ2n) is 3.76. The topological polar surface area (TPSA) is 32.3 Å². The van der Waals surface area contributed by atoms with Gasteiger partial charge in [-0.05, 0) is 12.1 Å². The first-order valence-electron chi connectivity index (χ1n) is 4.86. The van der Waals surface area contributed by atoms with E-state index in [-0.39, 0.29) is 24.2 Å². The van der Waals surface area contributed by atoms with Gasteiger partial charge in [-0.2, -0.15) is 0 Å². The molecule has 1 saturated heterocycles. The summed E-state index contributed by atoms with van der Waals surface area (Å²) in [5.41, 5.74) is 0. The van der Waals surface area contributed by atoms with Crippen LogP contribution in [0.5, 0.6) is 0 Å². The van der Waals surface area contributed by atoms with Crippen molar-refractivity contribution in [3.05, 3.63) is 21.3 Å². The number of halogens is 2. The Labute approximate surface area is 110 Å². The first-order valence-corrected chi connectivity index (χ1v) is 6.06. The molecule has 1 aromatic heterocycles. The molecule has 3 nitrogen and oxygen atoms in total. The Morgan fingerprint density at radius 1 is 1.62 bits per heavy atom. The minimum Gasteiger partial charge on any atom is -0.340 e. The van der Waals surface area contributed by atoms with E-state index in [1.807, 2.05) is 19.2 Å². The van der Waals surface area contributed by atoms with E-state index in [0.29, 0.717) is 6.54 Å². The van der Waals surface area contributed by atoms with Crippen LogP contribution in [-0.2, 0) is 11.3 Å². The van der Waals surface area contributed by atoms with E-state index in [0.717, 1.165) is 22.3 Å². The maximum atomic E-state index is 11.8. The molecular formula is C10H14Cl2N2OS. The van der Waals surface area contributed by atoms with E-state index in [9.17, 15) is 4.79 Å². The molecule has 1 N–H and O–H groups in total. The van der Waals surface area contributed by atoms with Crippen LogP contribution >= 0.6 is 35.3 Å². The monoisotopic (exact) mass is 280 g/mol. The highest BCUT2D eigenvalue weighted by Crippen LogP contribution is 2.22. The number of nitrogens with zero attached hydrogens (tertiary/aromatic N) is 1. The van der Waals surface area contributed by atoms with Crippen LogP contribution in [0.1, 0.15) is 4.88 Å². The lowest BCUT2D eigenvalue weighted by Gasteiger charge is -2.30. The lowest BCUT2D eigenvalue weighted by molar-refractivity contribution is -0.136. The first kappa shape index (κ1) is 13.8. The predicted octanol–water partition coefficient (Wildman–Crippen LogP) is 2.00. The Balaban J connectivity index is 0.00000128. The molecular weight excluding hydrogens is 267 g/mol. The summed E-state index contributed by atoms with van der Waals surface area (Å²) >= 11 is 7.36. The predicted molar refractivity (Wildman–Crippen MR) is 69.4 cm³/mol. The fraction of sp³-hybridized carbons (Fsp3) is 0.500. The number of hydrogen-bond donors (Lipinski definition) is 1. The van der Waals surface area contributed by atoms with Crippen LogP contribution in [0.4, 0.5) is 0 Å². The number of carbonyl (C=O) groups is 1. The summed E-state index contributed by atoms with van der Waals surface area (Å²) in [5, 5.41) is 3.10. The van der Waals surface area contributed by atoms with Crippen LogP contribution in [0.15, 0.2) is 12.1 Å². The standard InChI is InChI=1S/C10H13ClN2OS.ClH/c1-13(10(14)7-4-12-5-7)6-8-2-3-9(11)15-8;/h2-3,7,12H,4-6H2,1H3;1H. The zero-order valence-electron chi connectivity index (χ0n) is 8.90. The van der Waals surface area contributed by atoms with E-state index < -0.39 is 0 Å². The molecule has 0 aromatic carbocycles. The summed E-state index contributed by atoms with van der Waals surface area (Å²) in [7, 11) is 1.84. The molecule has 0 atom stereocenters. The second kappa shape index (κ2) is 5.87. The summed E-state index contributed by atoms with van der Waals surface area (Å²) in [6, 6.07) is 3.83. The number of thiophene rings is 1. The quantitative estimate of drug-likeness (QED) is 0.919. The third-order valence-corrected chi connectivity index (χ3v) is 3.74. The Bertz CT molecular complexity index is 365. The normalized spacial score (nSPS) is 15.1. The fourth-order valence-corrected chi connectivity index (χ4v) is 2.66.